The molecule has 10 heteroatoms. The van der Waals surface area contributed by atoms with E-state index >= 15 is 0 Å². The molecule has 0 bridgehead atoms. The first-order valence-electron chi connectivity index (χ1n) is 7.67. The van der Waals surface area contributed by atoms with Crippen LogP contribution in [-0.2, 0) is 10.0 Å². The fourth-order valence-electron chi connectivity index (χ4n) is 2.63. The van der Waals surface area contributed by atoms with Gasteiger partial charge in [-0.05, 0) is 43.2 Å². The van der Waals surface area contributed by atoms with Crippen LogP contribution in [0.1, 0.15) is 16.7 Å². The van der Waals surface area contributed by atoms with Crippen molar-refractivity contribution in [3.63, 3.8) is 0 Å². The number of aryl methyl sites for hydroxylation is 2. The molecule has 1 N–H and O–H groups in total. The first-order valence-corrected chi connectivity index (χ1v) is 9.15. The number of nitro benzene ring substituents is 1. The zero-order valence-electron chi connectivity index (χ0n) is 15.1. The van der Waals surface area contributed by atoms with E-state index in [1.807, 2.05) is 6.07 Å². The zero-order chi connectivity index (χ0) is 20.5. The van der Waals surface area contributed by atoms with E-state index in [1.165, 1.54) is 19.1 Å². The van der Waals surface area contributed by atoms with Crippen molar-refractivity contribution in [3.8, 4) is 6.07 Å². The standard InChI is InChI=1S/C17H17FN4O4S/c1-10-6-14(12(9-19)7-15(10)21(3)4)20-27(25,26)17-8-16(22(23)24)13(18)5-11(17)2/h5-8,20H,1-4H3. The molecule has 0 amide bonds. The van der Waals surface area contributed by atoms with Crippen molar-refractivity contribution in [2.45, 2.75) is 18.7 Å². The molecular formula is C17H17FN4O4S. The number of hydrogen-bond donors (Lipinski definition) is 1. The predicted molar refractivity (Wildman–Crippen MR) is 98.8 cm³/mol. The first kappa shape index (κ1) is 20.1. The highest BCUT2D eigenvalue weighted by Gasteiger charge is 2.25. The minimum atomic E-state index is -4.29. The molecule has 142 valence electrons. The van der Waals surface area contributed by atoms with Crippen LogP contribution in [0.15, 0.2) is 29.2 Å². The molecule has 2 rings (SSSR count). The fourth-order valence-corrected chi connectivity index (χ4v) is 3.94. The number of hydrogen-bond acceptors (Lipinski definition) is 6. The Labute approximate surface area is 156 Å². The van der Waals surface area contributed by atoms with Gasteiger partial charge in [0.05, 0.1) is 21.1 Å². The second kappa shape index (κ2) is 7.20. The van der Waals surface area contributed by atoms with Gasteiger partial charge in [0.2, 0.25) is 5.82 Å². The molecule has 27 heavy (non-hydrogen) atoms. The highest BCUT2D eigenvalue weighted by Crippen LogP contribution is 2.30. The van der Waals surface area contributed by atoms with Crippen LogP contribution in [0.25, 0.3) is 0 Å². The normalized spacial score (nSPS) is 11.0. The van der Waals surface area contributed by atoms with E-state index in [0.717, 1.165) is 17.3 Å². The molecule has 0 aliphatic heterocycles. The third-order valence-electron chi connectivity index (χ3n) is 3.91. The van der Waals surface area contributed by atoms with Crippen molar-refractivity contribution in [2.24, 2.45) is 0 Å². The number of nitrogens with one attached hydrogen (secondary N) is 1. The van der Waals surface area contributed by atoms with E-state index in [-0.39, 0.29) is 16.8 Å². The van der Waals surface area contributed by atoms with E-state index in [9.17, 15) is 28.2 Å². The maximum Gasteiger partial charge on any atom is 0.306 e. The Morgan fingerprint density at radius 3 is 2.33 bits per heavy atom. The van der Waals surface area contributed by atoms with Crippen molar-refractivity contribution in [2.75, 3.05) is 23.7 Å². The summed E-state index contributed by atoms with van der Waals surface area (Å²) in [5.41, 5.74) is 0.641. The number of rotatable bonds is 5. The predicted octanol–water partition coefficient (Wildman–Crippen LogP) is 3.09. The number of halogens is 1. The lowest BCUT2D eigenvalue weighted by atomic mass is 10.1. The van der Waals surface area contributed by atoms with Crippen LogP contribution >= 0.6 is 0 Å². The molecular weight excluding hydrogens is 375 g/mol. The number of sulfonamides is 1. The van der Waals surface area contributed by atoms with Gasteiger partial charge in [-0.1, -0.05) is 0 Å². The van der Waals surface area contributed by atoms with Crippen LogP contribution in [0.5, 0.6) is 0 Å². The van der Waals surface area contributed by atoms with Gasteiger partial charge in [-0.3, -0.25) is 14.8 Å². The molecule has 0 atom stereocenters. The molecule has 0 unspecified atom stereocenters. The number of nitro groups is 1. The van der Waals surface area contributed by atoms with Gasteiger partial charge in [0.15, 0.2) is 0 Å². The molecule has 2 aromatic rings. The number of nitriles is 1. The van der Waals surface area contributed by atoms with Gasteiger partial charge in [0.1, 0.15) is 6.07 Å². The summed E-state index contributed by atoms with van der Waals surface area (Å²) in [5.74, 6) is -1.12. The number of benzene rings is 2. The maximum atomic E-state index is 13.7. The number of nitrogens with zero attached hydrogens (tertiary/aromatic N) is 3. The summed E-state index contributed by atoms with van der Waals surface area (Å²) in [5, 5.41) is 20.3. The minimum Gasteiger partial charge on any atom is -0.377 e. The van der Waals surface area contributed by atoms with Crippen LogP contribution in [0.4, 0.5) is 21.5 Å². The Kier molecular flexibility index (Phi) is 5.37. The van der Waals surface area contributed by atoms with Gasteiger partial charge >= 0.3 is 5.69 Å². The Balaban J connectivity index is 2.58. The topological polar surface area (TPSA) is 116 Å². The molecule has 0 fully saturated rings. The molecule has 2 aromatic carbocycles. The molecule has 0 saturated heterocycles. The monoisotopic (exact) mass is 392 g/mol. The summed E-state index contributed by atoms with van der Waals surface area (Å²) in [6.45, 7) is 3.08. The van der Waals surface area contributed by atoms with Crippen molar-refractivity contribution < 1.29 is 17.7 Å². The Hall–Kier alpha value is -3.19. The lowest BCUT2D eigenvalue weighted by Crippen LogP contribution is -2.17. The Bertz CT molecular complexity index is 1080. The zero-order valence-corrected chi connectivity index (χ0v) is 15.9. The van der Waals surface area contributed by atoms with E-state index in [0.29, 0.717) is 6.07 Å². The average Bonchev–Trinajstić information content (AvgIpc) is 2.53. The summed E-state index contributed by atoms with van der Waals surface area (Å²) >= 11 is 0. The van der Waals surface area contributed by atoms with Crippen molar-refractivity contribution >= 4 is 27.1 Å². The highest BCUT2D eigenvalue weighted by atomic mass is 32.2. The Morgan fingerprint density at radius 1 is 1.19 bits per heavy atom. The SMILES string of the molecule is Cc1cc(NS(=O)(=O)c2cc([N+](=O)[O-])c(F)cc2C)c(C#N)cc1N(C)C. The molecule has 0 aliphatic carbocycles. The van der Waals surface area contributed by atoms with Gasteiger partial charge < -0.3 is 4.90 Å². The molecule has 0 heterocycles. The molecule has 0 aliphatic rings. The van der Waals surface area contributed by atoms with Crippen LogP contribution < -0.4 is 9.62 Å². The van der Waals surface area contributed by atoms with Gasteiger partial charge in [-0.2, -0.15) is 9.65 Å². The van der Waals surface area contributed by atoms with Crippen LogP contribution in [-0.4, -0.2) is 27.4 Å². The molecule has 0 saturated carbocycles. The second-order valence-electron chi connectivity index (χ2n) is 6.12. The van der Waals surface area contributed by atoms with Gasteiger partial charge in [-0.15, -0.1) is 0 Å². The van der Waals surface area contributed by atoms with Crippen molar-refractivity contribution in [1.82, 2.24) is 0 Å². The summed E-state index contributed by atoms with van der Waals surface area (Å²) < 4.78 is 41.4. The van der Waals surface area contributed by atoms with Crippen LogP contribution in [0.3, 0.4) is 0 Å². The lowest BCUT2D eigenvalue weighted by molar-refractivity contribution is -0.387. The van der Waals surface area contributed by atoms with E-state index in [4.69, 9.17) is 0 Å². The third kappa shape index (κ3) is 3.98. The van der Waals surface area contributed by atoms with Gasteiger partial charge in [-0.25, -0.2) is 8.42 Å². The minimum absolute atomic E-state index is 0.00532. The third-order valence-corrected chi connectivity index (χ3v) is 5.42. The summed E-state index contributed by atoms with van der Waals surface area (Å²) in [4.78, 5) is 11.3. The Morgan fingerprint density at radius 2 is 1.81 bits per heavy atom. The summed E-state index contributed by atoms with van der Waals surface area (Å²) in [6.07, 6.45) is 0. The highest BCUT2D eigenvalue weighted by molar-refractivity contribution is 7.92. The first-order chi connectivity index (χ1) is 12.5. The smallest absolute Gasteiger partial charge is 0.306 e. The molecule has 0 aromatic heterocycles. The molecule has 0 spiro atoms. The quantitative estimate of drug-likeness (QED) is 0.617. The molecule has 0 radical (unpaired) electrons. The second-order valence-corrected chi connectivity index (χ2v) is 7.77. The average molecular weight is 392 g/mol. The van der Waals surface area contributed by atoms with E-state index < -0.39 is 31.3 Å². The maximum absolute atomic E-state index is 13.7. The van der Waals surface area contributed by atoms with Crippen LogP contribution in [0.2, 0.25) is 0 Å². The largest absolute Gasteiger partial charge is 0.377 e. The van der Waals surface area contributed by atoms with E-state index in [1.54, 1.807) is 25.9 Å². The van der Waals surface area contributed by atoms with Crippen molar-refractivity contribution in [3.05, 3.63) is 56.9 Å². The van der Waals surface area contributed by atoms with Gasteiger partial charge in [0.25, 0.3) is 10.0 Å². The lowest BCUT2D eigenvalue weighted by Gasteiger charge is -2.18. The number of anilines is 2. The van der Waals surface area contributed by atoms with Crippen molar-refractivity contribution in [1.29, 1.82) is 5.26 Å². The van der Waals surface area contributed by atoms with Gasteiger partial charge in [0, 0.05) is 25.8 Å². The summed E-state index contributed by atoms with van der Waals surface area (Å²) in [7, 11) is -0.713. The fraction of sp³-hybridized carbons (Fsp3) is 0.235. The van der Waals surface area contributed by atoms with Crippen LogP contribution in [0, 0.1) is 41.1 Å². The van der Waals surface area contributed by atoms with E-state index in [2.05, 4.69) is 4.72 Å². The summed E-state index contributed by atoms with van der Waals surface area (Å²) in [6, 6.07) is 6.41. The molecule has 8 nitrogen and oxygen atoms in total.